The van der Waals surface area contributed by atoms with Crippen molar-refractivity contribution in [1.82, 2.24) is 4.31 Å². The zero-order chi connectivity index (χ0) is 23.7. The lowest BCUT2D eigenvalue weighted by molar-refractivity contribution is -0.118. The Balaban J connectivity index is 1.55. The summed E-state index contributed by atoms with van der Waals surface area (Å²) in [7, 11) is -7.49. The van der Waals surface area contributed by atoms with Gasteiger partial charge in [-0.05, 0) is 68.0 Å². The van der Waals surface area contributed by atoms with Crippen LogP contribution in [0.5, 0.6) is 0 Å². The zero-order valence-electron chi connectivity index (χ0n) is 18.7. The molecule has 0 bridgehead atoms. The molecule has 0 aromatic heterocycles. The number of anilines is 1. The highest BCUT2D eigenvalue weighted by atomic mass is 32.2. The third-order valence-corrected chi connectivity index (χ3v) is 11.2. The van der Waals surface area contributed by atoms with E-state index in [0.717, 1.165) is 12.8 Å². The smallest absolute Gasteiger partial charge is 0.246 e. The van der Waals surface area contributed by atoms with Gasteiger partial charge in [-0.1, -0.05) is 38.0 Å². The van der Waals surface area contributed by atoms with Crippen LogP contribution in [0.3, 0.4) is 0 Å². The molecule has 7 nitrogen and oxygen atoms in total. The standard InChI is InChI=1S/C24H30N2O5S2/c1-19-8-7-17-26(18-19)33(30,31)22-13-11-20(12-14-22)25-23(27)24(15-5-6-16-24)32(28,29)21-9-3-2-4-10-21/h2-4,9-14,19H,5-8,15-18H2,1H3,(H,25,27). The lowest BCUT2D eigenvalue weighted by atomic mass is 10.0. The minimum absolute atomic E-state index is 0.138. The number of rotatable bonds is 6. The van der Waals surface area contributed by atoms with E-state index >= 15 is 0 Å². The monoisotopic (exact) mass is 490 g/mol. The highest BCUT2D eigenvalue weighted by Gasteiger charge is 2.52. The van der Waals surface area contributed by atoms with Gasteiger partial charge >= 0.3 is 0 Å². The maximum absolute atomic E-state index is 13.4. The van der Waals surface area contributed by atoms with Gasteiger partial charge in [0.2, 0.25) is 15.9 Å². The minimum atomic E-state index is -3.89. The Hall–Kier alpha value is -2.23. The summed E-state index contributed by atoms with van der Waals surface area (Å²) in [5.74, 6) is -0.245. The molecule has 1 unspecified atom stereocenters. The second-order valence-corrected chi connectivity index (χ2v) is 13.3. The summed E-state index contributed by atoms with van der Waals surface area (Å²) in [5.41, 5.74) is 0.375. The van der Waals surface area contributed by atoms with E-state index in [-0.39, 0.29) is 22.6 Å². The molecule has 1 N–H and O–H groups in total. The first-order chi connectivity index (χ1) is 15.7. The molecule has 1 aliphatic carbocycles. The van der Waals surface area contributed by atoms with Crippen LogP contribution in [0.2, 0.25) is 0 Å². The summed E-state index contributed by atoms with van der Waals surface area (Å²) < 4.78 is 52.8. The van der Waals surface area contributed by atoms with Crippen LogP contribution in [0, 0.1) is 5.92 Å². The number of carbonyl (C=O) groups is 1. The molecule has 1 atom stereocenters. The Morgan fingerprint density at radius 2 is 1.55 bits per heavy atom. The number of piperidine rings is 1. The highest BCUT2D eigenvalue weighted by molar-refractivity contribution is 7.93. The van der Waals surface area contributed by atoms with Crippen molar-refractivity contribution in [3.63, 3.8) is 0 Å². The zero-order valence-corrected chi connectivity index (χ0v) is 20.4. The van der Waals surface area contributed by atoms with E-state index in [1.807, 2.05) is 6.92 Å². The molecule has 1 saturated heterocycles. The molecule has 2 aliphatic rings. The van der Waals surface area contributed by atoms with Crippen molar-refractivity contribution in [2.24, 2.45) is 5.92 Å². The van der Waals surface area contributed by atoms with E-state index in [4.69, 9.17) is 0 Å². The lowest BCUT2D eigenvalue weighted by Gasteiger charge is -2.30. The third-order valence-electron chi connectivity index (χ3n) is 6.76. The van der Waals surface area contributed by atoms with E-state index in [2.05, 4.69) is 5.32 Å². The molecule has 4 rings (SSSR count). The molecule has 2 aromatic carbocycles. The number of carbonyl (C=O) groups excluding carboxylic acids is 1. The summed E-state index contributed by atoms with van der Waals surface area (Å²) in [6.07, 6.45) is 3.69. The van der Waals surface area contributed by atoms with E-state index in [0.29, 0.717) is 37.5 Å². The van der Waals surface area contributed by atoms with Gasteiger partial charge in [0.1, 0.15) is 0 Å². The van der Waals surface area contributed by atoms with Crippen molar-refractivity contribution < 1.29 is 21.6 Å². The predicted octanol–water partition coefficient (Wildman–Crippen LogP) is 3.83. The van der Waals surface area contributed by atoms with E-state index in [1.165, 1.54) is 40.7 Å². The van der Waals surface area contributed by atoms with Crippen molar-refractivity contribution in [3.8, 4) is 0 Å². The summed E-state index contributed by atoms with van der Waals surface area (Å²) in [6, 6.07) is 14.1. The molecule has 178 valence electrons. The average Bonchev–Trinajstić information content (AvgIpc) is 3.32. The van der Waals surface area contributed by atoms with Gasteiger partial charge in [0.05, 0.1) is 9.79 Å². The van der Waals surface area contributed by atoms with Crippen molar-refractivity contribution in [2.45, 2.75) is 60.0 Å². The number of amides is 1. The third kappa shape index (κ3) is 4.46. The van der Waals surface area contributed by atoms with Crippen molar-refractivity contribution in [3.05, 3.63) is 54.6 Å². The fourth-order valence-electron chi connectivity index (χ4n) is 4.86. The van der Waals surface area contributed by atoms with Crippen LogP contribution in [0.4, 0.5) is 5.69 Å². The van der Waals surface area contributed by atoms with Gasteiger partial charge in [-0.3, -0.25) is 4.79 Å². The average molecular weight is 491 g/mol. The Labute approximate surface area is 196 Å². The molecule has 1 amide bonds. The summed E-state index contributed by atoms with van der Waals surface area (Å²) in [4.78, 5) is 13.6. The molecule has 0 radical (unpaired) electrons. The van der Waals surface area contributed by atoms with Gasteiger partial charge < -0.3 is 5.32 Å². The van der Waals surface area contributed by atoms with Crippen LogP contribution in [0.1, 0.15) is 45.4 Å². The molecule has 1 heterocycles. The van der Waals surface area contributed by atoms with Crippen LogP contribution < -0.4 is 5.32 Å². The minimum Gasteiger partial charge on any atom is -0.325 e. The molecule has 33 heavy (non-hydrogen) atoms. The van der Waals surface area contributed by atoms with Crippen LogP contribution in [0.25, 0.3) is 0 Å². The number of nitrogens with one attached hydrogen (secondary N) is 1. The summed E-state index contributed by atoms with van der Waals surface area (Å²) in [6.45, 7) is 3.05. The van der Waals surface area contributed by atoms with Gasteiger partial charge in [0.15, 0.2) is 14.6 Å². The number of sulfonamides is 1. The van der Waals surface area contributed by atoms with Gasteiger partial charge in [-0.15, -0.1) is 0 Å². The summed E-state index contributed by atoms with van der Waals surface area (Å²) >= 11 is 0. The molecular formula is C24H30N2O5S2. The van der Waals surface area contributed by atoms with Crippen molar-refractivity contribution in [1.29, 1.82) is 0 Å². The Morgan fingerprint density at radius 1 is 0.909 bits per heavy atom. The van der Waals surface area contributed by atoms with Gasteiger partial charge in [0, 0.05) is 18.8 Å². The quantitative estimate of drug-likeness (QED) is 0.663. The summed E-state index contributed by atoms with van der Waals surface area (Å²) in [5, 5.41) is 2.74. The number of hydrogen-bond acceptors (Lipinski definition) is 5. The predicted molar refractivity (Wildman–Crippen MR) is 127 cm³/mol. The van der Waals surface area contributed by atoms with E-state index in [1.54, 1.807) is 18.2 Å². The Bertz CT molecular complexity index is 1200. The normalized spacial score (nSPS) is 21.5. The molecule has 2 aromatic rings. The first kappa shape index (κ1) is 23.9. The van der Waals surface area contributed by atoms with Crippen LogP contribution in [-0.2, 0) is 24.7 Å². The lowest BCUT2D eigenvalue weighted by Crippen LogP contribution is -2.47. The molecule has 1 aliphatic heterocycles. The molecule has 9 heteroatoms. The largest absolute Gasteiger partial charge is 0.325 e. The fraction of sp³-hybridized carbons (Fsp3) is 0.458. The topological polar surface area (TPSA) is 101 Å². The highest BCUT2D eigenvalue weighted by Crippen LogP contribution is 2.41. The maximum Gasteiger partial charge on any atom is 0.246 e. The first-order valence-corrected chi connectivity index (χ1v) is 14.3. The molecule has 2 fully saturated rings. The molecular weight excluding hydrogens is 460 g/mol. The number of sulfone groups is 1. The molecule has 1 saturated carbocycles. The maximum atomic E-state index is 13.4. The van der Waals surface area contributed by atoms with Crippen molar-refractivity contribution >= 4 is 31.5 Å². The van der Waals surface area contributed by atoms with Crippen molar-refractivity contribution in [2.75, 3.05) is 18.4 Å². The number of benzene rings is 2. The Kier molecular flexibility index (Phi) is 6.66. The van der Waals surface area contributed by atoms with Crippen LogP contribution in [0.15, 0.2) is 64.4 Å². The number of hydrogen-bond donors (Lipinski definition) is 1. The first-order valence-electron chi connectivity index (χ1n) is 11.4. The second-order valence-electron chi connectivity index (χ2n) is 9.11. The second kappa shape index (κ2) is 9.19. The number of nitrogens with zero attached hydrogens (tertiary/aromatic N) is 1. The van der Waals surface area contributed by atoms with E-state index in [9.17, 15) is 21.6 Å². The fourth-order valence-corrected chi connectivity index (χ4v) is 8.54. The Morgan fingerprint density at radius 3 is 2.15 bits per heavy atom. The van der Waals surface area contributed by atoms with E-state index < -0.39 is 30.5 Å². The van der Waals surface area contributed by atoms with Gasteiger partial charge in [-0.2, -0.15) is 4.31 Å². The SMILES string of the molecule is CC1CCCN(S(=O)(=O)c2ccc(NC(=O)C3(S(=O)(=O)c4ccccc4)CCCC3)cc2)C1. The van der Waals surface area contributed by atoms with Crippen LogP contribution in [-0.4, -0.2) is 44.9 Å². The molecule has 0 spiro atoms. The van der Waals surface area contributed by atoms with Gasteiger partial charge in [-0.25, -0.2) is 16.8 Å². The van der Waals surface area contributed by atoms with Crippen LogP contribution >= 0.6 is 0 Å². The van der Waals surface area contributed by atoms with Gasteiger partial charge in [0.25, 0.3) is 0 Å².